The van der Waals surface area contributed by atoms with Crippen LogP contribution in [0.25, 0.3) is 27.8 Å². The predicted molar refractivity (Wildman–Crippen MR) is 214 cm³/mol. The summed E-state index contributed by atoms with van der Waals surface area (Å²) in [7, 11) is 0. The van der Waals surface area contributed by atoms with Gasteiger partial charge in [0.2, 0.25) is 0 Å². The molecule has 7 aromatic rings. The summed E-state index contributed by atoms with van der Waals surface area (Å²) in [6.07, 6.45) is 6.58. The Labute approximate surface area is 309 Å². The smallest absolute Gasteiger partial charge is 0.115 e. The molecule has 7 aromatic carbocycles. The molecule has 0 heterocycles. The third kappa shape index (κ3) is 4.41. The molecule has 0 spiro atoms. The molecule has 0 aromatic heterocycles. The molecule has 3 heteroatoms. The van der Waals surface area contributed by atoms with Gasteiger partial charge in [0.05, 0.1) is 10.8 Å². The fourth-order valence-corrected chi connectivity index (χ4v) is 9.67. The molecule has 3 aliphatic carbocycles. The van der Waals surface area contributed by atoms with Crippen LogP contribution in [-0.4, -0.2) is 5.11 Å². The lowest BCUT2D eigenvalue weighted by molar-refractivity contribution is 0.474. The average molecular weight is 682 g/mol. The Bertz CT molecular complexity index is 2570. The number of aromatic hydroxyl groups is 1. The molecule has 53 heavy (non-hydrogen) atoms. The molecular formula is C50H35NO2. The molecule has 0 aliphatic heterocycles. The van der Waals surface area contributed by atoms with Crippen LogP contribution in [0.5, 0.6) is 5.75 Å². The summed E-state index contributed by atoms with van der Waals surface area (Å²) in [6, 6.07) is 59.8. The van der Waals surface area contributed by atoms with Crippen molar-refractivity contribution in [2.75, 3.05) is 0 Å². The van der Waals surface area contributed by atoms with Gasteiger partial charge in [0, 0.05) is 0 Å². The van der Waals surface area contributed by atoms with Gasteiger partial charge in [-0.3, -0.25) is 0 Å². The second kappa shape index (κ2) is 12.0. The Hall–Kier alpha value is -6.58. The molecule has 0 bridgehead atoms. The Morgan fingerprint density at radius 1 is 0.472 bits per heavy atom. The zero-order valence-corrected chi connectivity index (χ0v) is 29.0. The van der Waals surface area contributed by atoms with Gasteiger partial charge in [-0.05, 0) is 120 Å². The van der Waals surface area contributed by atoms with E-state index in [0.717, 1.165) is 29.5 Å². The molecule has 10 rings (SSSR count). The maximum atomic E-state index is 11.4. The summed E-state index contributed by atoms with van der Waals surface area (Å²) in [4.78, 5) is 11.4. The summed E-state index contributed by atoms with van der Waals surface area (Å²) < 4.78 is 0. The second-order valence-corrected chi connectivity index (χ2v) is 14.3. The van der Waals surface area contributed by atoms with Crippen molar-refractivity contribution in [3.8, 4) is 28.0 Å². The van der Waals surface area contributed by atoms with E-state index in [2.05, 4.69) is 163 Å². The molecule has 1 unspecified atom stereocenters. The van der Waals surface area contributed by atoms with E-state index in [4.69, 9.17) is 0 Å². The third-order valence-electron chi connectivity index (χ3n) is 11.9. The van der Waals surface area contributed by atoms with Crippen molar-refractivity contribution < 1.29 is 5.11 Å². The Morgan fingerprint density at radius 3 is 1.43 bits per heavy atom. The SMILES string of the molecule is O=Nc1ccc(C2(c3ccc(-c4ccc(C5(c6ccc(O)cc6)C6=C(C=CCC6)c6ccccc65)cc4)cc3)c3ccccc3-c3ccccc32)cc1. The van der Waals surface area contributed by atoms with E-state index in [1.165, 1.54) is 61.2 Å². The van der Waals surface area contributed by atoms with Gasteiger partial charge in [-0.2, -0.15) is 0 Å². The van der Waals surface area contributed by atoms with E-state index >= 15 is 0 Å². The van der Waals surface area contributed by atoms with Gasteiger partial charge >= 0.3 is 0 Å². The second-order valence-electron chi connectivity index (χ2n) is 14.3. The Morgan fingerprint density at radius 2 is 0.906 bits per heavy atom. The first-order chi connectivity index (χ1) is 26.1. The van der Waals surface area contributed by atoms with Crippen molar-refractivity contribution in [2.24, 2.45) is 5.18 Å². The first-order valence-electron chi connectivity index (χ1n) is 18.3. The minimum Gasteiger partial charge on any atom is -0.508 e. The highest BCUT2D eigenvalue weighted by molar-refractivity contribution is 5.91. The van der Waals surface area contributed by atoms with E-state index in [1.807, 2.05) is 24.3 Å². The molecule has 0 saturated heterocycles. The van der Waals surface area contributed by atoms with Gasteiger partial charge in [0.25, 0.3) is 0 Å². The zero-order valence-electron chi connectivity index (χ0n) is 29.0. The number of hydrogen-bond acceptors (Lipinski definition) is 3. The molecule has 3 nitrogen and oxygen atoms in total. The average Bonchev–Trinajstić information content (AvgIpc) is 3.70. The number of benzene rings is 7. The van der Waals surface area contributed by atoms with Gasteiger partial charge in [0.15, 0.2) is 0 Å². The minimum atomic E-state index is -0.552. The van der Waals surface area contributed by atoms with Crippen molar-refractivity contribution in [2.45, 2.75) is 23.7 Å². The number of phenolic OH excluding ortho intramolecular Hbond substituents is 1. The number of phenols is 1. The zero-order chi connectivity index (χ0) is 35.6. The first-order valence-corrected chi connectivity index (χ1v) is 18.3. The van der Waals surface area contributed by atoms with Crippen LogP contribution in [0, 0.1) is 4.91 Å². The minimum absolute atomic E-state index is 0.271. The molecule has 0 radical (unpaired) electrons. The van der Waals surface area contributed by atoms with Crippen molar-refractivity contribution in [3.63, 3.8) is 0 Å². The number of fused-ring (bicyclic) bond motifs is 5. The normalized spacial score (nSPS) is 17.5. The van der Waals surface area contributed by atoms with Gasteiger partial charge in [0.1, 0.15) is 11.4 Å². The number of rotatable bonds is 6. The third-order valence-corrected chi connectivity index (χ3v) is 11.9. The lowest BCUT2D eigenvalue weighted by Gasteiger charge is -2.36. The summed E-state index contributed by atoms with van der Waals surface area (Å²) in [6.45, 7) is 0. The maximum absolute atomic E-state index is 11.4. The largest absolute Gasteiger partial charge is 0.508 e. The van der Waals surface area contributed by atoms with Gasteiger partial charge < -0.3 is 5.11 Å². The monoisotopic (exact) mass is 681 g/mol. The summed E-state index contributed by atoms with van der Waals surface area (Å²) in [5.74, 6) is 0.271. The summed E-state index contributed by atoms with van der Waals surface area (Å²) in [5.41, 5.74) is 16.6. The van der Waals surface area contributed by atoms with Crippen LogP contribution < -0.4 is 0 Å². The highest BCUT2D eigenvalue weighted by Gasteiger charge is 2.48. The fraction of sp³-hybridized carbons (Fsp3) is 0.0800. The van der Waals surface area contributed by atoms with E-state index in [1.54, 1.807) is 0 Å². The maximum Gasteiger partial charge on any atom is 0.115 e. The van der Waals surface area contributed by atoms with E-state index in [0.29, 0.717) is 5.69 Å². The van der Waals surface area contributed by atoms with Crippen LogP contribution in [0.15, 0.2) is 193 Å². The Balaban J connectivity index is 1.10. The molecular weight excluding hydrogens is 647 g/mol. The number of allylic oxidation sites excluding steroid dienone is 4. The molecule has 0 amide bonds. The van der Waals surface area contributed by atoms with Crippen molar-refractivity contribution >= 4 is 11.3 Å². The van der Waals surface area contributed by atoms with Crippen LogP contribution in [0.2, 0.25) is 0 Å². The van der Waals surface area contributed by atoms with Gasteiger partial charge in [-0.1, -0.05) is 158 Å². The lowest BCUT2D eigenvalue weighted by atomic mass is 9.65. The van der Waals surface area contributed by atoms with Crippen LogP contribution in [0.3, 0.4) is 0 Å². The highest BCUT2D eigenvalue weighted by Crippen LogP contribution is 2.58. The highest BCUT2D eigenvalue weighted by atomic mass is 16.3. The quantitative estimate of drug-likeness (QED) is 0.178. The lowest BCUT2D eigenvalue weighted by Crippen LogP contribution is -2.30. The standard InChI is InChI=1S/C50H35NO2/c52-40-31-27-38(28-32-40)50(47-15-7-3-11-43(47)44-12-4-8-16-48(44)50)36-23-19-34(20-24-36)33-17-21-35(22-18-33)49(37-25-29-39(51-53)30-26-37)45-13-5-1-9-41(45)42-10-2-6-14-46(42)49/h1-7,9-15,17-32,52H,8,16H2. The van der Waals surface area contributed by atoms with Gasteiger partial charge in [-0.15, -0.1) is 4.91 Å². The van der Waals surface area contributed by atoms with Crippen LogP contribution in [0.1, 0.15) is 57.3 Å². The van der Waals surface area contributed by atoms with Crippen LogP contribution >= 0.6 is 0 Å². The molecule has 3 aliphatic rings. The van der Waals surface area contributed by atoms with Crippen LogP contribution in [0.4, 0.5) is 5.69 Å². The first kappa shape index (κ1) is 31.2. The number of nitrogens with zero attached hydrogens (tertiary/aromatic N) is 1. The van der Waals surface area contributed by atoms with E-state index < -0.39 is 10.8 Å². The van der Waals surface area contributed by atoms with Crippen molar-refractivity contribution in [3.05, 3.63) is 237 Å². The molecule has 1 N–H and O–H groups in total. The molecule has 0 saturated carbocycles. The fourth-order valence-electron chi connectivity index (χ4n) is 9.67. The summed E-state index contributed by atoms with van der Waals surface area (Å²) >= 11 is 0. The molecule has 1 atom stereocenters. The van der Waals surface area contributed by atoms with E-state index in [-0.39, 0.29) is 5.75 Å². The summed E-state index contributed by atoms with van der Waals surface area (Å²) in [5, 5.41) is 13.5. The van der Waals surface area contributed by atoms with Crippen molar-refractivity contribution in [1.82, 2.24) is 0 Å². The number of nitroso groups, excluding NO2 is 1. The Kier molecular flexibility index (Phi) is 7.06. The molecule has 0 fully saturated rings. The van der Waals surface area contributed by atoms with Crippen LogP contribution in [-0.2, 0) is 10.8 Å². The predicted octanol–water partition coefficient (Wildman–Crippen LogP) is 12.3. The topological polar surface area (TPSA) is 49.7 Å². The number of hydrogen-bond donors (Lipinski definition) is 1. The van der Waals surface area contributed by atoms with Gasteiger partial charge in [-0.25, -0.2) is 0 Å². The van der Waals surface area contributed by atoms with Crippen molar-refractivity contribution in [1.29, 1.82) is 0 Å². The van der Waals surface area contributed by atoms with E-state index in [9.17, 15) is 10.0 Å². The molecule has 252 valence electrons.